The van der Waals surface area contributed by atoms with Crippen LogP contribution >= 0.6 is 0 Å². The average molecular weight is 410 g/mol. The molecular formula is C25H22N4O2. The Balaban J connectivity index is 1.52. The minimum Gasteiger partial charge on any atom is -0.394 e. The summed E-state index contributed by atoms with van der Waals surface area (Å²) in [5.74, 6) is 6.46. The Hall–Kier alpha value is -3.69. The minimum absolute atomic E-state index is 0.0259. The SMILES string of the molecule is O=C(c1cccnc1)N1CC[C@@H]2[C@H](CO)Nc3ccc(C#Cc4cccnc4)cc3[C@@H]21. The lowest BCUT2D eigenvalue weighted by Crippen LogP contribution is -2.42. The molecule has 6 nitrogen and oxygen atoms in total. The van der Waals surface area contributed by atoms with Crippen LogP contribution in [0.3, 0.4) is 0 Å². The third-order valence-corrected chi connectivity index (χ3v) is 6.05. The van der Waals surface area contributed by atoms with Gasteiger partial charge in [-0.15, -0.1) is 0 Å². The highest BCUT2D eigenvalue weighted by molar-refractivity contribution is 5.94. The Morgan fingerprint density at radius 1 is 1.10 bits per heavy atom. The molecule has 1 saturated heterocycles. The van der Waals surface area contributed by atoms with Gasteiger partial charge in [-0.1, -0.05) is 11.8 Å². The van der Waals surface area contributed by atoms with Crippen molar-refractivity contribution in [3.63, 3.8) is 0 Å². The zero-order valence-electron chi connectivity index (χ0n) is 16.9. The molecule has 2 N–H and O–H groups in total. The molecule has 2 aliphatic heterocycles. The maximum absolute atomic E-state index is 13.3. The predicted molar refractivity (Wildman–Crippen MR) is 117 cm³/mol. The Labute approximate surface area is 181 Å². The average Bonchev–Trinajstić information content (AvgIpc) is 3.28. The number of nitrogens with zero attached hydrogens (tertiary/aromatic N) is 3. The van der Waals surface area contributed by atoms with E-state index in [9.17, 15) is 9.90 Å². The first kappa shape index (κ1) is 19.3. The highest BCUT2D eigenvalue weighted by Gasteiger charge is 2.45. The molecule has 0 bridgehead atoms. The van der Waals surface area contributed by atoms with Gasteiger partial charge in [-0.25, -0.2) is 0 Å². The van der Waals surface area contributed by atoms with Crippen molar-refractivity contribution >= 4 is 11.6 Å². The van der Waals surface area contributed by atoms with Gasteiger partial charge in [0.1, 0.15) is 0 Å². The molecule has 2 aromatic heterocycles. The van der Waals surface area contributed by atoms with E-state index in [2.05, 4.69) is 33.2 Å². The van der Waals surface area contributed by atoms with Gasteiger partial charge in [0.2, 0.25) is 0 Å². The maximum atomic E-state index is 13.3. The Kier molecular flexibility index (Phi) is 5.11. The number of pyridine rings is 2. The molecular weight excluding hydrogens is 388 g/mol. The number of rotatable bonds is 2. The number of carbonyl (C=O) groups excluding carboxylic acids is 1. The number of fused-ring (bicyclic) bond motifs is 3. The summed E-state index contributed by atoms with van der Waals surface area (Å²) in [7, 11) is 0. The first-order chi connectivity index (χ1) is 15.2. The molecule has 1 amide bonds. The van der Waals surface area contributed by atoms with Gasteiger partial charge in [-0.2, -0.15) is 0 Å². The molecule has 3 aromatic rings. The van der Waals surface area contributed by atoms with Gasteiger partial charge in [0.25, 0.3) is 5.91 Å². The van der Waals surface area contributed by atoms with Gasteiger partial charge in [-0.05, 0) is 54.4 Å². The van der Waals surface area contributed by atoms with E-state index in [1.807, 2.05) is 29.2 Å². The summed E-state index contributed by atoms with van der Waals surface area (Å²) in [6, 6.07) is 13.2. The zero-order chi connectivity index (χ0) is 21.2. The van der Waals surface area contributed by atoms with Crippen LogP contribution in [-0.4, -0.2) is 45.1 Å². The van der Waals surface area contributed by atoms with Crippen LogP contribution in [0.4, 0.5) is 5.69 Å². The molecule has 4 heterocycles. The maximum Gasteiger partial charge on any atom is 0.255 e. The number of nitrogens with one attached hydrogen (secondary N) is 1. The third kappa shape index (κ3) is 3.65. The van der Waals surface area contributed by atoms with Crippen molar-refractivity contribution < 1.29 is 9.90 Å². The van der Waals surface area contributed by atoms with Crippen molar-refractivity contribution in [3.8, 4) is 11.8 Å². The van der Waals surface area contributed by atoms with E-state index in [0.717, 1.165) is 28.8 Å². The molecule has 154 valence electrons. The van der Waals surface area contributed by atoms with Gasteiger partial charge in [-0.3, -0.25) is 14.8 Å². The van der Waals surface area contributed by atoms with E-state index in [1.165, 1.54) is 0 Å². The fourth-order valence-electron chi connectivity index (χ4n) is 4.60. The van der Waals surface area contributed by atoms with Crippen LogP contribution in [0.1, 0.15) is 39.5 Å². The Morgan fingerprint density at radius 2 is 1.90 bits per heavy atom. The number of carbonyl (C=O) groups is 1. The lowest BCUT2D eigenvalue weighted by atomic mass is 9.82. The van der Waals surface area contributed by atoms with E-state index in [4.69, 9.17) is 0 Å². The van der Waals surface area contributed by atoms with Crippen molar-refractivity contribution in [2.75, 3.05) is 18.5 Å². The molecule has 6 heteroatoms. The quantitative estimate of drug-likeness (QED) is 0.636. The number of amides is 1. The highest BCUT2D eigenvalue weighted by atomic mass is 16.3. The monoisotopic (exact) mass is 410 g/mol. The summed E-state index contributed by atoms with van der Waals surface area (Å²) in [5.41, 5.74) is 4.30. The summed E-state index contributed by atoms with van der Waals surface area (Å²) in [5, 5.41) is 13.4. The van der Waals surface area contributed by atoms with Crippen LogP contribution in [0.5, 0.6) is 0 Å². The van der Waals surface area contributed by atoms with Crippen molar-refractivity contribution in [2.24, 2.45) is 5.92 Å². The highest BCUT2D eigenvalue weighted by Crippen LogP contribution is 2.47. The summed E-state index contributed by atoms with van der Waals surface area (Å²) in [6.07, 6.45) is 7.57. The first-order valence-corrected chi connectivity index (χ1v) is 10.4. The molecule has 1 aromatic carbocycles. The normalized spacial score (nSPS) is 21.3. The van der Waals surface area contributed by atoms with E-state index in [-0.39, 0.29) is 30.5 Å². The number of anilines is 1. The Morgan fingerprint density at radius 3 is 2.65 bits per heavy atom. The number of aliphatic hydroxyl groups is 1. The van der Waals surface area contributed by atoms with Gasteiger partial charge in [0.15, 0.2) is 0 Å². The molecule has 5 rings (SSSR count). The van der Waals surface area contributed by atoms with Gasteiger partial charge in [0.05, 0.1) is 24.3 Å². The lowest BCUT2D eigenvalue weighted by Gasteiger charge is -2.39. The number of hydrogen-bond donors (Lipinski definition) is 2. The second kappa shape index (κ2) is 8.21. The van der Waals surface area contributed by atoms with E-state index < -0.39 is 0 Å². The smallest absolute Gasteiger partial charge is 0.255 e. The molecule has 31 heavy (non-hydrogen) atoms. The summed E-state index contributed by atoms with van der Waals surface area (Å²) in [4.78, 5) is 23.4. The second-order valence-electron chi connectivity index (χ2n) is 7.86. The number of aromatic nitrogens is 2. The summed E-state index contributed by atoms with van der Waals surface area (Å²) < 4.78 is 0. The summed E-state index contributed by atoms with van der Waals surface area (Å²) >= 11 is 0. The van der Waals surface area contributed by atoms with Crippen LogP contribution in [0.15, 0.2) is 67.3 Å². The molecule has 3 atom stereocenters. The largest absolute Gasteiger partial charge is 0.394 e. The second-order valence-corrected chi connectivity index (χ2v) is 7.86. The van der Waals surface area contributed by atoms with Crippen LogP contribution in [0, 0.1) is 17.8 Å². The van der Waals surface area contributed by atoms with Crippen molar-refractivity contribution in [2.45, 2.75) is 18.5 Å². The molecule has 0 saturated carbocycles. The number of benzene rings is 1. The number of aliphatic hydroxyl groups excluding tert-OH is 1. The van der Waals surface area contributed by atoms with E-state index in [0.29, 0.717) is 12.1 Å². The molecule has 0 aliphatic carbocycles. The fraction of sp³-hybridized carbons (Fsp3) is 0.240. The van der Waals surface area contributed by atoms with Crippen molar-refractivity contribution in [1.29, 1.82) is 0 Å². The van der Waals surface area contributed by atoms with Crippen LogP contribution in [-0.2, 0) is 0 Å². The molecule has 0 unspecified atom stereocenters. The van der Waals surface area contributed by atoms with E-state index in [1.54, 1.807) is 36.9 Å². The molecule has 2 aliphatic rings. The molecule has 0 radical (unpaired) electrons. The van der Waals surface area contributed by atoms with Gasteiger partial charge in [0, 0.05) is 54.1 Å². The number of hydrogen-bond acceptors (Lipinski definition) is 5. The molecule has 0 spiro atoms. The van der Waals surface area contributed by atoms with Crippen LogP contribution < -0.4 is 5.32 Å². The predicted octanol–water partition coefficient (Wildman–Crippen LogP) is 2.87. The Bertz CT molecular complexity index is 1150. The third-order valence-electron chi connectivity index (χ3n) is 6.05. The summed E-state index contributed by atoms with van der Waals surface area (Å²) in [6.45, 7) is 0.671. The number of likely N-dealkylation sites (tertiary alicyclic amines) is 1. The zero-order valence-corrected chi connectivity index (χ0v) is 16.9. The van der Waals surface area contributed by atoms with Gasteiger partial charge < -0.3 is 15.3 Å². The van der Waals surface area contributed by atoms with Crippen molar-refractivity contribution in [3.05, 3.63) is 89.5 Å². The lowest BCUT2D eigenvalue weighted by molar-refractivity contribution is 0.0700. The van der Waals surface area contributed by atoms with E-state index >= 15 is 0 Å². The van der Waals surface area contributed by atoms with Crippen molar-refractivity contribution in [1.82, 2.24) is 14.9 Å². The topological polar surface area (TPSA) is 78.4 Å². The molecule has 1 fully saturated rings. The minimum atomic E-state index is -0.110. The standard InChI is InChI=1S/C25H22N4O2/c30-16-23-20-9-12-29(25(31)19-4-2-11-27-15-19)24(20)21-13-17(7-8-22(21)28-23)5-6-18-3-1-10-26-14-18/h1-4,7-8,10-11,13-15,20,23-24,28,30H,9,12,16H2/t20-,23+,24-/m1/s1. The fourth-order valence-corrected chi connectivity index (χ4v) is 4.60. The van der Waals surface area contributed by atoms with Crippen LogP contribution in [0.2, 0.25) is 0 Å². The van der Waals surface area contributed by atoms with Gasteiger partial charge >= 0.3 is 0 Å². The first-order valence-electron chi connectivity index (χ1n) is 10.4. The van der Waals surface area contributed by atoms with Crippen LogP contribution in [0.25, 0.3) is 0 Å².